The summed E-state index contributed by atoms with van der Waals surface area (Å²) in [4.78, 5) is 14.6. The van der Waals surface area contributed by atoms with E-state index in [0.717, 1.165) is 5.56 Å². The summed E-state index contributed by atoms with van der Waals surface area (Å²) in [6.07, 6.45) is 3.52. The van der Waals surface area contributed by atoms with Gasteiger partial charge in [-0.3, -0.25) is 9.36 Å². The van der Waals surface area contributed by atoms with Crippen LogP contribution in [0, 0.1) is 18.3 Å². The third-order valence-corrected chi connectivity index (χ3v) is 4.47. The van der Waals surface area contributed by atoms with Gasteiger partial charge < -0.3 is 18.8 Å². The van der Waals surface area contributed by atoms with Crippen LogP contribution >= 0.6 is 0 Å². The second-order valence-corrected chi connectivity index (χ2v) is 6.23. The second-order valence-electron chi connectivity index (χ2n) is 6.23. The molecule has 0 N–H and O–H groups in total. The average Bonchev–Trinajstić information content (AvgIpc) is 3.34. The highest BCUT2D eigenvalue weighted by Crippen LogP contribution is 2.32. The largest absolute Gasteiger partial charge is 0.493 e. The minimum atomic E-state index is -0.305. The van der Waals surface area contributed by atoms with Crippen molar-refractivity contribution < 1.29 is 18.7 Å². The number of benzene rings is 1. The summed E-state index contributed by atoms with van der Waals surface area (Å²) in [6, 6.07) is 11.2. The molecule has 1 amide bonds. The predicted molar refractivity (Wildman–Crippen MR) is 103 cm³/mol. The number of hydrogen-bond acceptors (Lipinski definition) is 5. The van der Waals surface area contributed by atoms with Crippen molar-refractivity contribution in [1.29, 1.82) is 5.26 Å². The van der Waals surface area contributed by atoms with Gasteiger partial charge in [0, 0.05) is 31.5 Å². The van der Waals surface area contributed by atoms with Gasteiger partial charge in [0.05, 0.1) is 14.2 Å². The van der Waals surface area contributed by atoms with Crippen molar-refractivity contribution in [2.75, 3.05) is 21.3 Å². The Morgan fingerprint density at radius 1 is 1.21 bits per heavy atom. The lowest BCUT2D eigenvalue weighted by molar-refractivity contribution is 0.0782. The summed E-state index contributed by atoms with van der Waals surface area (Å²) in [7, 11) is 4.79. The van der Waals surface area contributed by atoms with Crippen molar-refractivity contribution in [1.82, 2.24) is 9.47 Å². The molecule has 7 heteroatoms. The fourth-order valence-corrected chi connectivity index (χ4v) is 3.14. The lowest BCUT2D eigenvalue weighted by Gasteiger charge is -2.20. The van der Waals surface area contributed by atoms with E-state index >= 15 is 0 Å². The highest BCUT2D eigenvalue weighted by atomic mass is 16.5. The molecule has 0 aliphatic rings. The fraction of sp³-hybridized carbons (Fsp3) is 0.238. The zero-order valence-electron chi connectivity index (χ0n) is 16.2. The first-order valence-corrected chi connectivity index (χ1v) is 8.64. The summed E-state index contributed by atoms with van der Waals surface area (Å²) < 4.78 is 18.2. The van der Waals surface area contributed by atoms with E-state index in [1.54, 1.807) is 51.2 Å². The van der Waals surface area contributed by atoms with Crippen molar-refractivity contribution in [2.24, 2.45) is 0 Å². The van der Waals surface area contributed by atoms with Crippen LogP contribution in [-0.4, -0.2) is 36.6 Å². The van der Waals surface area contributed by atoms with Gasteiger partial charge in [0.25, 0.3) is 5.91 Å². The lowest BCUT2D eigenvalue weighted by Crippen LogP contribution is -2.27. The van der Waals surface area contributed by atoms with Crippen LogP contribution in [0.25, 0.3) is 5.88 Å². The van der Waals surface area contributed by atoms with Gasteiger partial charge in [-0.05, 0) is 25.1 Å². The molecule has 7 nitrogen and oxygen atoms in total. The van der Waals surface area contributed by atoms with Crippen LogP contribution < -0.4 is 9.47 Å². The van der Waals surface area contributed by atoms with Crippen LogP contribution in [0.5, 0.6) is 11.5 Å². The molecule has 3 aromatic rings. The first-order chi connectivity index (χ1) is 13.5. The molecular weight excluding hydrogens is 358 g/mol. The van der Waals surface area contributed by atoms with Gasteiger partial charge in [-0.25, -0.2) is 0 Å². The maximum absolute atomic E-state index is 13.1. The van der Waals surface area contributed by atoms with Gasteiger partial charge in [0.15, 0.2) is 11.5 Å². The van der Waals surface area contributed by atoms with Crippen molar-refractivity contribution in [3.63, 3.8) is 0 Å². The molecule has 144 valence electrons. The molecule has 2 heterocycles. The number of amides is 1. The third kappa shape index (κ3) is 3.32. The Labute approximate surface area is 163 Å². The molecule has 3 rings (SSSR count). The van der Waals surface area contributed by atoms with E-state index in [9.17, 15) is 10.1 Å². The van der Waals surface area contributed by atoms with Gasteiger partial charge in [-0.15, -0.1) is 0 Å². The molecule has 1 aromatic carbocycles. The van der Waals surface area contributed by atoms with Crippen molar-refractivity contribution >= 4 is 5.91 Å². The zero-order chi connectivity index (χ0) is 20.3. The lowest BCUT2D eigenvalue weighted by atomic mass is 10.1. The number of hydrogen-bond donors (Lipinski definition) is 0. The van der Waals surface area contributed by atoms with E-state index in [2.05, 4.69) is 6.07 Å². The number of carbonyl (C=O) groups excluding carboxylic acids is 1. The van der Waals surface area contributed by atoms with Gasteiger partial charge in [-0.1, -0.05) is 12.1 Å². The van der Waals surface area contributed by atoms with Gasteiger partial charge >= 0.3 is 0 Å². The Balaban J connectivity index is 1.94. The van der Waals surface area contributed by atoms with Crippen LogP contribution in [0.15, 0.2) is 47.1 Å². The summed E-state index contributed by atoms with van der Waals surface area (Å²) in [5.74, 6) is 1.59. The summed E-state index contributed by atoms with van der Waals surface area (Å²) in [5.41, 5.74) is 1.27. The van der Waals surface area contributed by atoms with E-state index in [4.69, 9.17) is 13.9 Å². The normalized spacial score (nSPS) is 10.4. The number of ether oxygens (including phenoxy) is 2. The maximum atomic E-state index is 13.1. The SMILES string of the molecule is COc1cccc(CN(C)C(=O)c2c(C)oc(-n3cccc3)c2C#N)c1OC. The molecule has 0 atom stereocenters. The van der Waals surface area contributed by atoms with Gasteiger partial charge in [0.1, 0.15) is 23.0 Å². The summed E-state index contributed by atoms with van der Waals surface area (Å²) in [5, 5.41) is 9.65. The number of nitriles is 1. The molecule has 0 fully saturated rings. The number of carbonyl (C=O) groups is 1. The van der Waals surface area contributed by atoms with Crippen LogP contribution in [0.3, 0.4) is 0 Å². The molecule has 0 unspecified atom stereocenters. The van der Waals surface area contributed by atoms with Crippen LogP contribution in [-0.2, 0) is 6.54 Å². The first kappa shape index (κ1) is 19.1. The molecule has 0 saturated carbocycles. The number of para-hydroxylation sites is 1. The van der Waals surface area contributed by atoms with Crippen molar-refractivity contribution in [3.8, 4) is 23.5 Å². The minimum absolute atomic E-state index is 0.211. The molecule has 0 spiro atoms. The van der Waals surface area contributed by atoms with Crippen molar-refractivity contribution in [3.05, 3.63) is 65.2 Å². The summed E-state index contributed by atoms with van der Waals surface area (Å²) >= 11 is 0. The number of rotatable bonds is 6. The smallest absolute Gasteiger partial charge is 0.258 e. The van der Waals surface area contributed by atoms with Gasteiger partial charge in [0.2, 0.25) is 5.88 Å². The molecule has 0 aliphatic heterocycles. The number of nitrogens with zero attached hydrogens (tertiary/aromatic N) is 3. The summed E-state index contributed by atoms with van der Waals surface area (Å²) in [6.45, 7) is 1.97. The molecule has 0 saturated heterocycles. The quantitative estimate of drug-likeness (QED) is 0.654. The van der Waals surface area contributed by atoms with E-state index in [0.29, 0.717) is 23.1 Å². The monoisotopic (exact) mass is 379 g/mol. The van der Waals surface area contributed by atoms with Crippen LogP contribution in [0.2, 0.25) is 0 Å². The number of aromatic nitrogens is 1. The third-order valence-electron chi connectivity index (χ3n) is 4.47. The predicted octanol–water partition coefficient (Wildman–Crippen LogP) is 3.54. The maximum Gasteiger partial charge on any atom is 0.258 e. The highest BCUT2D eigenvalue weighted by molar-refractivity contribution is 5.98. The van der Waals surface area contributed by atoms with Crippen LogP contribution in [0.4, 0.5) is 0 Å². The first-order valence-electron chi connectivity index (χ1n) is 8.64. The number of methoxy groups -OCH3 is 2. The molecule has 0 radical (unpaired) electrons. The molecule has 0 bridgehead atoms. The minimum Gasteiger partial charge on any atom is -0.493 e. The fourth-order valence-electron chi connectivity index (χ4n) is 3.14. The van der Waals surface area contributed by atoms with E-state index in [-0.39, 0.29) is 23.6 Å². The Morgan fingerprint density at radius 2 is 1.93 bits per heavy atom. The molecular formula is C21H21N3O4. The van der Waals surface area contributed by atoms with Crippen LogP contribution in [0.1, 0.15) is 27.2 Å². The number of furan rings is 1. The van der Waals surface area contributed by atoms with E-state index in [1.807, 2.05) is 24.3 Å². The van der Waals surface area contributed by atoms with Crippen molar-refractivity contribution in [2.45, 2.75) is 13.5 Å². The van der Waals surface area contributed by atoms with E-state index < -0.39 is 0 Å². The molecule has 0 aliphatic carbocycles. The second kappa shape index (κ2) is 7.92. The topological polar surface area (TPSA) is 80.6 Å². The Kier molecular flexibility index (Phi) is 5.41. The zero-order valence-corrected chi connectivity index (χ0v) is 16.2. The Bertz CT molecular complexity index is 1030. The van der Waals surface area contributed by atoms with E-state index in [1.165, 1.54) is 4.90 Å². The average molecular weight is 379 g/mol. The standard InChI is InChI=1S/C21H21N3O4/c1-14-18(16(12-22)21(28-14)24-10-5-6-11-24)20(25)23(2)13-15-8-7-9-17(26-3)19(15)27-4/h5-11H,13H2,1-4H3. The molecule has 2 aromatic heterocycles. The Morgan fingerprint density at radius 3 is 2.54 bits per heavy atom. The Hall–Kier alpha value is -3.66. The number of aryl methyl sites for hydroxylation is 1. The highest BCUT2D eigenvalue weighted by Gasteiger charge is 2.27. The van der Waals surface area contributed by atoms with Gasteiger partial charge in [-0.2, -0.15) is 5.26 Å². The molecule has 28 heavy (non-hydrogen) atoms.